The fourth-order valence-electron chi connectivity index (χ4n) is 2.18. The fraction of sp³-hybridized carbons (Fsp3) is 0.250. The number of benzene rings is 2. The SMILES string of the molecule is CCNC(=O)Nc1cccc2c(NC(=O)NCC)cccc12. The summed E-state index contributed by atoms with van der Waals surface area (Å²) < 4.78 is 0. The number of urea groups is 2. The van der Waals surface area contributed by atoms with Gasteiger partial charge in [-0.15, -0.1) is 0 Å². The van der Waals surface area contributed by atoms with Crippen LogP contribution in [-0.4, -0.2) is 25.2 Å². The maximum absolute atomic E-state index is 11.7. The first-order valence-corrected chi connectivity index (χ1v) is 7.27. The molecule has 0 bridgehead atoms. The van der Waals surface area contributed by atoms with Crippen molar-refractivity contribution in [3.63, 3.8) is 0 Å². The third kappa shape index (κ3) is 3.66. The van der Waals surface area contributed by atoms with Gasteiger partial charge in [0.05, 0.1) is 11.4 Å². The van der Waals surface area contributed by atoms with Gasteiger partial charge in [-0.05, 0) is 26.0 Å². The van der Waals surface area contributed by atoms with E-state index in [2.05, 4.69) is 21.3 Å². The Morgan fingerprint density at radius 2 is 1.18 bits per heavy atom. The molecule has 0 saturated heterocycles. The van der Waals surface area contributed by atoms with E-state index in [1.807, 2.05) is 50.2 Å². The Kier molecular flexibility index (Phi) is 5.19. The molecule has 0 aromatic heterocycles. The molecule has 22 heavy (non-hydrogen) atoms. The molecule has 0 aliphatic heterocycles. The van der Waals surface area contributed by atoms with Gasteiger partial charge in [-0.2, -0.15) is 0 Å². The topological polar surface area (TPSA) is 82.3 Å². The van der Waals surface area contributed by atoms with Crippen LogP contribution in [-0.2, 0) is 0 Å². The summed E-state index contributed by atoms with van der Waals surface area (Å²) >= 11 is 0. The van der Waals surface area contributed by atoms with Gasteiger partial charge in [-0.3, -0.25) is 0 Å². The lowest BCUT2D eigenvalue weighted by atomic mass is 10.1. The minimum Gasteiger partial charge on any atom is -0.338 e. The maximum Gasteiger partial charge on any atom is 0.319 e. The van der Waals surface area contributed by atoms with Gasteiger partial charge in [-0.25, -0.2) is 9.59 Å². The minimum atomic E-state index is -0.253. The van der Waals surface area contributed by atoms with Crippen molar-refractivity contribution in [1.82, 2.24) is 10.6 Å². The average Bonchev–Trinajstić information content (AvgIpc) is 2.48. The zero-order valence-electron chi connectivity index (χ0n) is 12.7. The molecule has 2 aromatic carbocycles. The molecule has 0 radical (unpaired) electrons. The second-order valence-corrected chi connectivity index (χ2v) is 4.68. The van der Waals surface area contributed by atoms with E-state index in [1.165, 1.54) is 0 Å². The molecule has 4 amide bonds. The Balaban J connectivity index is 2.33. The smallest absolute Gasteiger partial charge is 0.319 e. The first-order chi connectivity index (χ1) is 10.7. The summed E-state index contributed by atoms with van der Waals surface area (Å²) in [6, 6.07) is 10.6. The summed E-state index contributed by atoms with van der Waals surface area (Å²) in [5, 5.41) is 12.7. The van der Waals surface area contributed by atoms with Crippen molar-refractivity contribution < 1.29 is 9.59 Å². The number of carbonyl (C=O) groups is 2. The number of carbonyl (C=O) groups excluding carboxylic acids is 2. The van der Waals surface area contributed by atoms with Crippen molar-refractivity contribution >= 4 is 34.2 Å². The summed E-state index contributed by atoms with van der Waals surface area (Å²) in [6.07, 6.45) is 0. The second kappa shape index (κ2) is 7.31. The second-order valence-electron chi connectivity index (χ2n) is 4.68. The Labute approximate surface area is 129 Å². The van der Waals surface area contributed by atoms with E-state index in [0.29, 0.717) is 24.5 Å². The Hall–Kier alpha value is -2.76. The van der Waals surface area contributed by atoms with Gasteiger partial charge in [-0.1, -0.05) is 24.3 Å². The van der Waals surface area contributed by atoms with E-state index in [9.17, 15) is 9.59 Å². The van der Waals surface area contributed by atoms with Crippen LogP contribution in [0.15, 0.2) is 36.4 Å². The van der Waals surface area contributed by atoms with Crippen LogP contribution < -0.4 is 21.3 Å². The van der Waals surface area contributed by atoms with E-state index in [-0.39, 0.29) is 12.1 Å². The zero-order valence-corrected chi connectivity index (χ0v) is 12.7. The van der Waals surface area contributed by atoms with Crippen molar-refractivity contribution in [1.29, 1.82) is 0 Å². The molecular weight excluding hydrogens is 280 g/mol. The summed E-state index contributed by atoms with van der Waals surface area (Å²) in [7, 11) is 0. The van der Waals surface area contributed by atoms with Gasteiger partial charge >= 0.3 is 12.1 Å². The summed E-state index contributed by atoms with van der Waals surface area (Å²) in [4.78, 5) is 23.4. The summed E-state index contributed by atoms with van der Waals surface area (Å²) in [5.41, 5.74) is 1.39. The van der Waals surface area contributed by atoms with Gasteiger partial charge in [0.15, 0.2) is 0 Å². The van der Waals surface area contributed by atoms with E-state index in [1.54, 1.807) is 0 Å². The summed E-state index contributed by atoms with van der Waals surface area (Å²) in [6.45, 7) is 4.83. The van der Waals surface area contributed by atoms with Crippen LogP contribution in [0, 0.1) is 0 Å². The third-order valence-electron chi connectivity index (χ3n) is 3.09. The van der Waals surface area contributed by atoms with Crippen LogP contribution in [0.1, 0.15) is 13.8 Å². The van der Waals surface area contributed by atoms with Crippen LogP contribution >= 0.6 is 0 Å². The summed E-state index contributed by atoms with van der Waals surface area (Å²) in [5.74, 6) is 0. The third-order valence-corrected chi connectivity index (χ3v) is 3.09. The minimum absolute atomic E-state index is 0.253. The van der Waals surface area contributed by atoms with Crippen molar-refractivity contribution in [2.75, 3.05) is 23.7 Å². The number of amides is 4. The zero-order chi connectivity index (χ0) is 15.9. The number of nitrogens with one attached hydrogen (secondary N) is 4. The molecule has 6 heteroatoms. The van der Waals surface area contributed by atoms with Crippen molar-refractivity contribution in [2.45, 2.75) is 13.8 Å². The van der Waals surface area contributed by atoms with Crippen molar-refractivity contribution in [3.05, 3.63) is 36.4 Å². The maximum atomic E-state index is 11.7. The number of hydrogen-bond donors (Lipinski definition) is 4. The molecule has 0 heterocycles. The molecular formula is C16H20N4O2. The lowest BCUT2D eigenvalue weighted by molar-refractivity contribution is 0.251. The number of rotatable bonds is 4. The molecule has 6 nitrogen and oxygen atoms in total. The van der Waals surface area contributed by atoms with Gasteiger partial charge < -0.3 is 21.3 Å². The Morgan fingerprint density at radius 1 is 0.773 bits per heavy atom. The largest absolute Gasteiger partial charge is 0.338 e. The van der Waals surface area contributed by atoms with E-state index in [0.717, 1.165) is 10.8 Å². The van der Waals surface area contributed by atoms with Gasteiger partial charge in [0, 0.05) is 23.9 Å². The monoisotopic (exact) mass is 300 g/mol. The first-order valence-electron chi connectivity index (χ1n) is 7.27. The molecule has 116 valence electrons. The highest BCUT2D eigenvalue weighted by atomic mass is 16.2. The highest BCUT2D eigenvalue weighted by Gasteiger charge is 2.09. The Morgan fingerprint density at radius 3 is 1.55 bits per heavy atom. The van der Waals surface area contributed by atoms with Gasteiger partial charge in [0.2, 0.25) is 0 Å². The van der Waals surface area contributed by atoms with Crippen molar-refractivity contribution in [3.8, 4) is 0 Å². The highest BCUT2D eigenvalue weighted by molar-refractivity contribution is 6.08. The van der Waals surface area contributed by atoms with Crippen LogP contribution in [0.4, 0.5) is 21.0 Å². The van der Waals surface area contributed by atoms with E-state index in [4.69, 9.17) is 0 Å². The highest BCUT2D eigenvalue weighted by Crippen LogP contribution is 2.29. The quantitative estimate of drug-likeness (QED) is 0.699. The average molecular weight is 300 g/mol. The molecule has 2 rings (SSSR count). The molecule has 0 saturated carbocycles. The molecule has 0 aliphatic carbocycles. The lowest BCUT2D eigenvalue weighted by Gasteiger charge is -2.13. The molecule has 0 atom stereocenters. The van der Waals surface area contributed by atoms with E-state index < -0.39 is 0 Å². The van der Waals surface area contributed by atoms with Crippen LogP contribution in [0.5, 0.6) is 0 Å². The molecule has 4 N–H and O–H groups in total. The van der Waals surface area contributed by atoms with Crippen LogP contribution in [0.2, 0.25) is 0 Å². The molecule has 2 aromatic rings. The van der Waals surface area contributed by atoms with Crippen molar-refractivity contribution in [2.24, 2.45) is 0 Å². The number of hydrogen-bond acceptors (Lipinski definition) is 2. The molecule has 0 fully saturated rings. The van der Waals surface area contributed by atoms with Gasteiger partial charge in [0.1, 0.15) is 0 Å². The molecule has 0 spiro atoms. The predicted octanol–water partition coefficient (Wildman–Crippen LogP) is 3.12. The first kappa shape index (κ1) is 15.6. The predicted molar refractivity (Wildman–Crippen MR) is 89.3 cm³/mol. The van der Waals surface area contributed by atoms with Crippen LogP contribution in [0.25, 0.3) is 10.8 Å². The van der Waals surface area contributed by atoms with E-state index >= 15 is 0 Å². The van der Waals surface area contributed by atoms with Crippen LogP contribution in [0.3, 0.4) is 0 Å². The molecule has 0 unspecified atom stereocenters. The number of fused-ring (bicyclic) bond motifs is 1. The Bertz CT molecular complexity index is 626. The van der Waals surface area contributed by atoms with Gasteiger partial charge in [0.25, 0.3) is 0 Å². The lowest BCUT2D eigenvalue weighted by Crippen LogP contribution is -2.28. The normalized spacial score (nSPS) is 10.1. The number of anilines is 2. The molecule has 0 aliphatic rings. The fourth-order valence-corrected chi connectivity index (χ4v) is 2.18. The standard InChI is InChI=1S/C16H20N4O2/c1-3-17-15(21)19-13-9-5-8-12-11(13)7-6-10-14(12)20-16(22)18-4-2/h5-10H,3-4H2,1-2H3,(H2,17,19,21)(H2,18,20,22).